The van der Waals surface area contributed by atoms with E-state index >= 15 is 0 Å². The molecule has 0 unspecified atom stereocenters. The molecule has 0 aliphatic carbocycles. The third-order valence-electron chi connectivity index (χ3n) is 4.99. The number of hydrogen-bond donors (Lipinski definition) is 1. The molecule has 36 heavy (non-hydrogen) atoms. The van der Waals surface area contributed by atoms with Crippen LogP contribution in [0.25, 0.3) is 0 Å². The highest BCUT2D eigenvalue weighted by atomic mass is 16.5. The van der Waals surface area contributed by atoms with Gasteiger partial charge in [0.1, 0.15) is 5.75 Å². The fourth-order valence-electron chi connectivity index (χ4n) is 3.21. The number of ether oxygens (including phenoxy) is 5. The second kappa shape index (κ2) is 11.7. The van der Waals surface area contributed by atoms with E-state index in [0.29, 0.717) is 17.1 Å². The topological polar surface area (TPSA) is 154 Å². The third-order valence-corrected chi connectivity index (χ3v) is 4.99. The van der Waals surface area contributed by atoms with Gasteiger partial charge < -0.3 is 29.4 Å². The number of nitrogens with two attached hydrogens (primary N) is 1. The molecule has 0 amide bonds. The van der Waals surface area contributed by atoms with Gasteiger partial charge in [0.05, 0.1) is 39.9 Å². The van der Waals surface area contributed by atoms with Crippen LogP contribution in [-0.2, 0) is 27.4 Å². The number of nitrogens with zero attached hydrogens (tertiary/aromatic N) is 3. The molecule has 3 rings (SSSR count). The minimum atomic E-state index is -0.865. The van der Waals surface area contributed by atoms with E-state index in [1.807, 2.05) is 0 Å². The van der Waals surface area contributed by atoms with Crippen molar-refractivity contribution >= 4 is 23.4 Å². The monoisotopic (exact) mass is 498 g/mol. The van der Waals surface area contributed by atoms with Gasteiger partial charge in [0, 0.05) is 11.8 Å². The van der Waals surface area contributed by atoms with Crippen LogP contribution in [0.5, 0.6) is 17.2 Å². The van der Waals surface area contributed by atoms with Crippen LogP contribution in [0.1, 0.15) is 39.0 Å². The Bertz CT molecular complexity index is 1250. The zero-order valence-corrected chi connectivity index (χ0v) is 20.3. The number of carbonyl (C=O) groups is 3. The molecule has 12 nitrogen and oxygen atoms in total. The Balaban J connectivity index is 1.83. The molecule has 12 heteroatoms. The predicted octanol–water partition coefficient (Wildman–Crippen LogP) is 2.04. The molecule has 1 heterocycles. The van der Waals surface area contributed by atoms with E-state index in [1.54, 1.807) is 38.3 Å². The molecular weight excluding hydrogens is 472 g/mol. The van der Waals surface area contributed by atoms with E-state index in [-0.39, 0.29) is 41.4 Å². The maximum absolute atomic E-state index is 13.3. The van der Waals surface area contributed by atoms with E-state index in [1.165, 1.54) is 26.4 Å². The van der Waals surface area contributed by atoms with Crippen molar-refractivity contribution in [3.63, 3.8) is 0 Å². The van der Waals surface area contributed by atoms with Gasteiger partial charge >= 0.3 is 11.9 Å². The van der Waals surface area contributed by atoms with Gasteiger partial charge in [-0.1, -0.05) is 12.1 Å². The van der Waals surface area contributed by atoms with Gasteiger partial charge in [-0.15, -0.1) is 15.0 Å². The van der Waals surface area contributed by atoms with Gasteiger partial charge in [-0.2, -0.15) is 0 Å². The Morgan fingerprint density at radius 1 is 0.889 bits per heavy atom. The van der Waals surface area contributed by atoms with Crippen LogP contribution in [0.2, 0.25) is 0 Å². The van der Waals surface area contributed by atoms with Crippen molar-refractivity contribution < 1.29 is 38.1 Å². The van der Waals surface area contributed by atoms with Crippen molar-refractivity contribution in [2.45, 2.75) is 20.1 Å². The number of carbonyl (C=O) groups excluding carboxylic acids is 3. The van der Waals surface area contributed by atoms with Crippen LogP contribution in [0.4, 0.5) is 5.69 Å². The molecule has 0 fully saturated rings. The number of anilines is 1. The number of hydrogen-bond acceptors (Lipinski definition) is 11. The predicted molar refractivity (Wildman–Crippen MR) is 126 cm³/mol. The summed E-state index contributed by atoms with van der Waals surface area (Å²) in [7, 11) is 4.38. The normalized spacial score (nSPS) is 10.4. The average molecular weight is 498 g/mol. The van der Waals surface area contributed by atoms with Crippen molar-refractivity contribution in [1.29, 1.82) is 0 Å². The standard InChI is InChI=1S/C24H26N4O8/c1-5-35-24(31)22-21(23(30)16-11-18(33-3)19(34-4)12-17(16)25)26-28(27-22)13-36-20(29)10-14-6-8-15(32-2)9-7-14/h6-9,11-12H,5,10,13,25H2,1-4H3. The SMILES string of the molecule is CCOC(=O)c1nn(COC(=O)Cc2ccc(OC)cc2)nc1C(=O)c1cc(OC)c(OC)cc1N. The Morgan fingerprint density at radius 3 is 2.14 bits per heavy atom. The fourth-order valence-corrected chi connectivity index (χ4v) is 3.21. The van der Waals surface area contributed by atoms with E-state index in [2.05, 4.69) is 10.2 Å². The molecule has 0 radical (unpaired) electrons. The molecule has 2 aromatic carbocycles. The van der Waals surface area contributed by atoms with E-state index in [0.717, 1.165) is 4.80 Å². The largest absolute Gasteiger partial charge is 0.497 e. The zero-order valence-electron chi connectivity index (χ0n) is 20.3. The Morgan fingerprint density at radius 2 is 1.53 bits per heavy atom. The highest BCUT2D eigenvalue weighted by molar-refractivity contribution is 6.15. The van der Waals surface area contributed by atoms with Crippen molar-refractivity contribution in [2.75, 3.05) is 33.7 Å². The van der Waals surface area contributed by atoms with Gasteiger partial charge in [-0.05, 0) is 30.7 Å². The molecule has 0 saturated carbocycles. The Labute approximate surface area is 206 Å². The summed E-state index contributed by atoms with van der Waals surface area (Å²) in [6.45, 7) is 1.22. The number of esters is 2. The molecule has 0 atom stereocenters. The number of ketones is 1. The highest BCUT2D eigenvalue weighted by Gasteiger charge is 2.28. The van der Waals surface area contributed by atoms with Crippen LogP contribution < -0.4 is 19.9 Å². The quantitative estimate of drug-likeness (QED) is 0.235. The number of aromatic nitrogens is 3. The summed E-state index contributed by atoms with van der Waals surface area (Å²) in [4.78, 5) is 39.0. The van der Waals surface area contributed by atoms with Crippen LogP contribution >= 0.6 is 0 Å². The molecule has 1 aromatic heterocycles. The van der Waals surface area contributed by atoms with Crippen molar-refractivity contribution in [1.82, 2.24) is 15.0 Å². The molecule has 0 aliphatic heterocycles. The van der Waals surface area contributed by atoms with Gasteiger partial charge in [0.2, 0.25) is 18.2 Å². The zero-order chi connectivity index (χ0) is 26.2. The highest BCUT2D eigenvalue weighted by Crippen LogP contribution is 2.33. The van der Waals surface area contributed by atoms with Gasteiger partial charge in [-0.25, -0.2) is 4.79 Å². The van der Waals surface area contributed by atoms with E-state index in [9.17, 15) is 14.4 Å². The lowest BCUT2D eigenvalue weighted by Gasteiger charge is -2.11. The molecule has 0 saturated heterocycles. The lowest BCUT2D eigenvalue weighted by molar-refractivity contribution is -0.147. The first-order valence-electron chi connectivity index (χ1n) is 10.8. The number of nitrogen functional groups attached to an aromatic ring is 1. The van der Waals surface area contributed by atoms with Gasteiger partial charge in [0.25, 0.3) is 0 Å². The lowest BCUT2D eigenvalue weighted by Crippen LogP contribution is -2.14. The Hall–Kier alpha value is -4.61. The number of methoxy groups -OCH3 is 3. The molecule has 0 bridgehead atoms. The molecule has 0 spiro atoms. The summed E-state index contributed by atoms with van der Waals surface area (Å²) in [5.74, 6) is -0.890. The minimum absolute atomic E-state index is 0.00996. The second-order valence-electron chi connectivity index (χ2n) is 7.28. The van der Waals surface area contributed by atoms with Crippen molar-refractivity contribution in [3.05, 3.63) is 58.9 Å². The molecule has 3 aromatic rings. The molecule has 2 N–H and O–H groups in total. The maximum atomic E-state index is 13.3. The summed E-state index contributed by atoms with van der Waals surface area (Å²) >= 11 is 0. The maximum Gasteiger partial charge on any atom is 0.361 e. The third kappa shape index (κ3) is 5.90. The summed E-state index contributed by atoms with van der Waals surface area (Å²) in [6, 6.07) is 9.70. The smallest absolute Gasteiger partial charge is 0.361 e. The first-order valence-corrected chi connectivity index (χ1v) is 10.8. The summed E-state index contributed by atoms with van der Waals surface area (Å²) in [5, 5.41) is 8.07. The van der Waals surface area contributed by atoms with E-state index in [4.69, 9.17) is 29.4 Å². The average Bonchev–Trinajstić information content (AvgIpc) is 3.32. The summed E-state index contributed by atoms with van der Waals surface area (Å²) in [5.41, 5.74) is 6.17. The lowest BCUT2D eigenvalue weighted by atomic mass is 10.0. The van der Waals surface area contributed by atoms with E-state index < -0.39 is 24.5 Å². The number of rotatable bonds is 11. The van der Waals surface area contributed by atoms with Gasteiger partial charge in [0.15, 0.2) is 17.2 Å². The first-order chi connectivity index (χ1) is 17.3. The van der Waals surface area contributed by atoms with Crippen molar-refractivity contribution in [2.24, 2.45) is 0 Å². The summed E-state index contributed by atoms with van der Waals surface area (Å²) < 4.78 is 25.7. The second-order valence-corrected chi connectivity index (χ2v) is 7.28. The fraction of sp³-hybridized carbons (Fsp3) is 0.292. The van der Waals surface area contributed by atoms with Crippen LogP contribution in [0.15, 0.2) is 36.4 Å². The van der Waals surface area contributed by atoms with Crippen LogP contribution in [-0.4, -0.2) is 60.7 Å². The van der Waals surface area contributed by atoms with Crippen LogP contribution in [0.3, 0.4) is 0 Å². The van der Waals surface area contributed by atoms with Crippen LogP contribution in [0, 0.1) is 0 Å². The molecule has 0 aliphatic rings. The van der Waals surface area contributed by atoms with Crippen molar-refractivity contribution in [3.8, 4) is 17.2 Å². The summed E-state index contributed by atoms with van der Waals surface area (Å²) in [6.07, 6.45) is -0.00996. The van der Waals surface area contributed by atoms with Gasteiger partial charge in [-0.3, -0.25) is 9.59 Å². The molecule has 190 valence electrons. The molecular formula is C24H26N4O8. The minimum Gasteiger partial charge on any atom is -0.497 e. The Kier molecular flexibility index (Phi) is 8.44. The number of benzene rings is 2. The first kappa shape index (κ1) is 26.0.